The first-order valence-corrected chi connectivity index (χ1v) is 19.4. The van der Waals surface area contributed by atoms with Crippen LogP contribution in [0.25, 0.3) is 11.3 Å². The van der Waals surface area contributed by atoms with E-state index in [9.17, 15) is 9.59 Å². The number of amides is 1. The number of rotatable bonds is 9. The summed E-state index contributed by atoms with van der Waals surface area (Å²) in [5, 5.41) is 5.24. The number of nitrogens with zero attached hydrogens (tertiary/aromatic N) is 2. The van der Waals surface area contributed by atoms with E-state index in [0.29, 0.717) is 62.8 Å². The largest absolute Gasteiger partial charge is 0.543 e. The van der Waals surface area contributed by atoms with Crippen molar-refractivity contribution in [2.45, 2.75) is 77.1 Å². The van der Waals surface area contributed by atoms with Crippen LogP contribution in [0.3, 0.4) is 0 Å². The second kappa shape index (κ2) is 12.7. The maximum atomic E-state index is 13.4. The zero-order chi connectivity index (χ0) is 33.7. The van der Waals surface area contributed by atoms with Gasteiger partial charge in [-0.15, -0.1) is 0 Å². The molecule has 0 N–H and O–H groups in total. The van der Waals surface area contributed by atoms with Crippen LogP contribution in [0.1, 0.15) is 73.2 Å². The molecule has 2 aliphatic rings. The number of ether oxygens (including phenoxy) is 2. The van der Waals surface area contributed by atoms with E-state index in [-0.39, 0.29) is 17.6 Å². The Morgan fingerprint density at radius 3 is 2.43 bits per heavy atom. The molecule has 1 amide bonds. The second-order valence-corrected chi connectivity index (χ2v) is 19.1. The number of hydrogen-bond donors (Lipinski definition) is 0. The molecule has 1 aromatic heterocycles. The minimum absolute atomic E-state index is 0.0462. The zero-order valence-electron chi connectivity index (χ0n) is 27.4. The molecule has 0 unspecified atom stereocenters. The van der Waals surface area contributed by atoms with Crippen LogP contribution in [0.5, 0.6) is 11.5 Å². The minimum Gasteiger partial charge on any atom is -0.543 e. The first kappa shape index (κ1) is 33.1. The SMILES string of the molecule is COC(=O)c1ccc(N2C(=O)CCc3cc(OCc4c(-c5c(Cl)cccc5Cl)noc4C4CC4)ccc32)cc1O[Si](C)(C)C(C)(C)C. The monoisotopic (exact) mass is 692 g/mol. The lowest BCUT2D eigenvalue weighted by molar-refractivity contribution is -0.118. The van der Waals surface area contributed by atoms with Crippen molar-refractivity contribution in [3.63, 3.8) is 0 Å². The van der Waals surface area contributed by atoms with E-state index < -0.39 is 14.3 Å². The highest BCUT2D eigenvalue weighted by Gasteiger charge is 2.40. The number of fused-ring (bicyclic) bond motifs is 1. The first-order valence-electron chi connectivity index (χ1n) is 15.7. The number of aryl methyl sites for hydroxylation is 1. The summed E-state index contributed by atoms with van der Waals surface area (Å²) in [6.45, 7) is 10.8. The average molecular weight is 694 g/mol. The quantitative estimate of drug-likeness (QED) is 0.127. The van der Waals surface area contributed by atoms with Crippen molar-refractivity contribution in [2.75, 3.05) is 12.0 Å². The molecule has 1 saturated carbocycles. The van der Waals surface area contributed by atoms with Crippen LogP contribution < -0.4 is 14.1 Å². The Labute approximate surface area is 286 Å². The lowest BCUT2D eigenvalue weighted by atomic mass is 9.99. The van der Waals surface area contributed by atoms with Crippen LogP contribution in [-0.4, -0.2) is 32.5 Å². The van der Waals surface area contributed by atoms with E-state index in [4.69, 9.17) is 41.6 Å². The molecule has 0 spiro atoms. The third-order valence-corrected chi connectivity index (χ3v) is 14.3. The van der Waals surface area contributed by atoms with Gasteiger partial charge in [0.1, 0.15) is 35.1 Å². The summed E-state index contributed by atoms with van der Waals surface area (Å²) in [5.74, 6) is 1.63. The Bertz CT molecular complexity index is 1840. The summed E-state index contributed by atoms with van der Waals surface area (Å²) >= 11 is 13.1. The molecule has 6 rings (SSSR count). The molecule has 0 saturated heterocycles. The minimum atomic E-state index is -2.33. The van der Waals surface area contributed by atoms with E-state index in [2.05, 4.69) is 39.0 Å². The highest BCUT2D eigenvalue weighted by molar-refractivity contribution is 6.74. The molecule has 8 nitrogen and oxygen atoms in total. The van der Waals surface area contributed by atoms with Crippen LogP contribution >= 0.6 is 23.2 Å². The van der Waals surface area contributed by atoms with Crippen LogP contribution in [0.2, 0.25) is 28.2 Å². The molecule has 2 heterocycles. The topological polar surface area (TPSA) is 91.1 Å². The van der Waals surface area contributed by atoms with E-state index in [0.717, 1.165) is 35.4 Å². The van der Waals surface area contributed by atoms with Gasteiger partial charge in [0.2, 0.25) is 5.91 Å². The number of halogens is 2. The Morgan fingerprint density at radius 2 is 1.77 bits per heavy atom. The van der Waals surface area contributed by atoms with Gasteiger partial charge in [-0.3, -0.25) is 9.69 Å². The molecule has 1 fully saturated rings. The van der Waals surface area contributed by atoms with Crippen molar-refractivity contribution in [3.05, 3.63) is 87.1 Å². The number of anilines is 2. The van der Waals surface area contributed by atoms with Gasteiger partial charge in [-0.25, -0.2) is 4.79 Å². The number of esters is 1. The highest BCUT2D eigenvalue weighted by atomic mass is 35.5. The predicted octanol–water partition coefficient (Wildman–Crippen LogP) is 9.89. The van der Waals surface area contributed by atoms with Crippen LogP contribution in [-0.2, 0) is 22.6 Å². The number of hydrogen-bond acceptors (Lipinski definition) is 7. The first-order chi connectivity index (χ1) is 22.3. The summed E-state index contributed by atoms with van der Waals surface area (Å²) in [6, 6.07) is 16.3. The maximum Gasteiger partial charge on any atom is 0.341 e. The second-order valence-electron chi connectivity index (χ2n) is 13.6. The number of aromatic nitrogens is 1. The molecule has 1 aliphatic carbocycles. The van der Waals surface area contributed by atoms with E-state index in [1.54, 1.807) is 41.3 Å². The fourth-order valence-electron chi connectivity index (χ4n) is 5.49. The van der Waals surface area contributed by atoms with Gasteiger partial charge >= 0.3 is 5.97 Å². The Morgan fingerprint density at radius 1 is 1.04 bits per heavy atom. The van der Waals surface area contributed by atoms with Crippen LogP contribution in [0, 0.1) is 0 Å². The lowest BCUT2D eigenvalue weighted by Gasteiger charge is -2.37. The van der Waals surface area contributed by atoms with Crippen molar-refractivity contribution in [1.82, 2.24) is 5.16 Å². The molecule has 11 heteroatoms. The molecule has 0 bridgehead atoms. The van der Waals surface area contributed by atoms with Gasteiger partial charge in [0.25, 0.3) is 8.32 Å². The maximum absolute atomic E-state index is 13.4. The van der Waals surface area contributed by atoms with E-state index in [1.807, 2.05) is 18.2 Å². The zero-order valence-corrected chi connectivity index (χ0v) is 29.9. The van der Waals surface area contributed by atoms with Gasteiger partial charge in [0.05, 0.1) is 34.1 Å². The van der Waals surface area contributed by atoms with Crippen molar-refractivity contribution >= 4 is 54.8 Å². The van der Waals surface area contributed by atoms with Crippen molar-refractivity contribution in [2.24, 2.45) is 0 Å². The molecule has 1 aliphatic heterocycles. The fourth-order valence-corrected chi connectivity index (χ4v) is 7.09. The molecular formula is C36H38Cl2N2O6Si. The van der Waals surface area contributed by atoms with E-state index >= 15 is 0 Å². The normalized spacial score (nSPS) is 15.0. The lowest BCUT2D eigenvalue weighted by Crippen LogP contribution is -2.44. The molecular weight excluding hydrogens is 655 g/mol. The summed E-state index contributed by atoms with van der Waals surface area (Å²) in [4.78, 5) is 27.8. The Balaban J connectivity index is 1.30. The fraction of sp³-hybridized carbons (Fsp3) is 0.361. The highest BCUT2D eigenvalue weighted by Crippen LogP contribution is 2.47. The smallest absolute Gasteiger partial charge is 0.341 e. The van der Waals surface area contributed by atoms with Gasteiger partial charge in [0, 0.05) is 24.0 Å². The number of methoxy groups -OCH3 is 1. The number of carbonyl (C=O) groups is 2. The van der Waals surface area contributed by atoms with Gasteiger partial charge in [-0.05, 0) is 85.4 Å². The van der Waals surface area contributed by atoms with Gasteiger partial charge < -0.3 is 18.4 Å². The summed E-state index contributed by atoms with van der Waals surface area (Å²) in [7, 11) is -0.983. The van der Waals surface area contributed by atoms with Crippen LogP contribution in [0.15, 0.2) is 59.1 Å². The van der Waals surface area contributed by atoms with Crippen molar-refractivity contribution in [1.29, 1.82) is 0 Å². The van der Waals surface area contributed by atoms with Gasteiger partial charge in [-0.2, -0.15) is 0 Å². The molecule has 246 valence electrons. The van der Waals surface area contributed by atoms with Gasteiger partial charge in [-0.1, -0.05) is 55.2 Å². The molecule has 47 heavy (non-hydrogen) atoms. The molecule has 4 aromatic rings. The number of carbonyl (C=O) groups excluding carboxylic acids is 2. The third-order valence-electron chi connectivity index (χ3n) is 9.30. The molecule has 0 atom stereocenters. The Kier molecular flexibility index (Phi) is 8.93. The number of benzene rings is 3. The standard InChI is InChI=1S/C36H38Cl2N2O6Si/c1-36(2,3)47(5,6)46-30-19-23(13-15-25(30)35(42)43-4)40-29-16-14-24(18-22(29)12-17-31(40)41)44-20-26-33(39-45-34(26)21-10-11-21)32-27(37)8-7-9-28(32)38/h7-9,13-16,18-19,21H,10-12,17,20H2,1-6H3. The predicted molar refractivity (Wildman–Crippen MR) is 186 cm³/mol. The summed E-state index contributed by atoms with van der Waals surface area (Å²) in [6.07, 6.45) is 2.95. The molecule has 0 radical (unpaired) electrons. The van der Waals surface area contributed by atoms with Crippen molar-refractivity contribution in [3.8, 4) is 22.8 Å². The van der Waals surface area contributed by atoms with Crippen molar-refractivity contribution < 1.29 is 28.0 Å². The van der Waals surface area contributed by atoms with Crippen LogP contribution in [0.4, 0.5) is 11.4 Å². The third kappa shape index (κ3) is 6.53. The molecule has 3 aromatic carbocycles. The summed E-state index contributed by atoms with van der Waals surface area (Å²) in [5.41, 5.74) is 4.70. The summed E-state index contributed by atoms with van der Waals surface area (Å²) < 4.78 is 23.8. The van der Waals surface area contributed by atoms with Gasteiger partial charge in [0.15, 0.2) is 0 Å². The Hall–Kier alpha value is -3.79. The average Bonchev–Trinajstić information content (AvgIpc) is 3.78. The van der Waals surface area contributed by atoms with E-state index in [1.165, 1.54) is 7.11 Å².